The molecule has 0 aliphatic heterocycles. The third kappa shape index (κ3) is 4.42. The minimum Gasteiger partial charge on any atom is -0.481 e. The molecular weight excluding hydrogens is 253 g/mol. The van der Waals surface area contributed by atoms with Crippen LogP contribution < -0.4 is 0 Å². The standard InChI is InChI=1S/C10H17F3N2O3/c1-4-15(5-2)9(18)14(3)7(6-8(16)17)10(11,12)13/h7H,4-6H2,1-3H3,(H,16,17). The van der Waals surface area contributed by atoms with E-state index in [0.717, 1.165) is 7.05 Å². The van der Waals surface area contributed by atoms with Gasteiger partial charge in [-0.25, -0.2) is 4.79 Å². The van der Waals surface area contributed by atoms with Crippen molar-refractivity contribution in [2.75, 3.05) is 20.1 Å². The van der Waals surface area contributed by atoms with Crippen molar-refractivity contribution in [1.82, 2.24) is 9.80 Å². The lowest BCUT2D eigenvalue weighted by Crippen LogP contribution is -2.52. The lowest BCUT2D eigenvalue weighted by Gasteiger charge is -2.32. The number of nitrogens with zero attached hydrogens (tertiary/aromatic N) is 2. The minimum absolute atomic E-state index is 0.261. The van der Waals surface area contributed by atoms with Gasteiger partial charge in [0, 0.05) is 20.1 Å². The summed E-state index contributed by atoms with van der Waals surface area (Å²) < 4.78 is 38.1. The van der Waals surface area contributed by atoms with Gasteiger partial charge in [0.25, 0.3) is 0 Å². The van der Waals surface area contributed by atoms with E-state index in [0.29, 0.717) is 4.90 Å². The molecule has 0 fully saturated rings. The SMILES string of the molecule is CCN(CC)C(=O)N(C)C(CC(=O)O)C(F)(F)F. The zero-order chi connectivity index (χ0) is 14.5. The van der Waals surface area contributed by atoms with Gasteiger partial charge < -0.3 is 14.9 Å². The van der Waals surface area contributed by atoms with Gasteiger partial charge in [0.1, 0.15) is 6.04 Å². The highest BCUT2D eigenvalue weighted by Gasteiger charge is 2.45. The highest BCUT2D eigenvalue weighted by molar-refractivity contribution is 5.76. The average Bonchev–Trinajstić information content (AvgIpc) is 2.24. The molecule has 0 aromatic carbocycles. The van der Waals surface area contributed by atoms with Crippen LogP contribution in [0.3, 0.4) is 0 Å². The van der Waals surface area contributed by atoms with Crippen LogP contribution in [0.4, 0.5) is 18.0 Å². The Bertz CT molecular complexity index is 303. The summed E-state index contributed by atoms with van der Waals surface area (Å²) in [7, 11) is 0.960. The molecule has 0 aromatic rings. The van der Waals surface area contributed by atoms with Crippen LogP contribution in [-0.2, 0) is 4.79 Å². The van der Waals surface area contributed by atoms with E-state index in [1.54, 1.807) is 13.8 Å². The third-order valence-corrected chi connectivity index (χ3v) is 2.55. The largest absolute Gasteiger partial charge is 0.481 e. The Morgan fingerprint density at radius 2 is 1.67 bits per heavy atom. The summed E-state index contributed by atoms with van der Waals surface area (Å²) in [6, 6.07) is -3.15. The van der Waals surface area contributed by atoms with E-state index in [4.69, 9.17) is 5.11 Å². The van der Waals surface area contributed by atoms with Gasteiger partial charge in [0.05, 0.1) is 6.42 Å². The predicted molar refractivity (Wildman–Crippen MR) is 58.2 cm³/mol. The van der Waals surface area contributed by atoms with Gasteiger partial charge in [-0.3, -0.25) is 4.79 Å². The van der Waals surface area contributed by atoms with Crippen LogP contribution in [0.1, 0.15) is 20.3 Å². The molecule has 1 N–H and O–H groups in total. The third-order valence-electron chi connectivity index (χ3n) is 2.55. The molecule has 0 rings (SSSR count). The summed E-state index contributed by atoms with van der Waals surface area (Å²) in [5, 5.41) is 8.48. The number of rotatable bonds is 5. The first-order valence-electron chi connectivity index (χ1n) is 5.45. The zero-order valence-electron chi connectivity index (χ0n) is 10.5. The molecule has 2 amide bonds. The summed E-state index contributed by atoms with van der Waals surface area (Å²) in [6.07, 6.45) is -5.93. The van der Waals surface area contributed by atoms with E-state index in [1.165, 1.54) is 4.90 Å². The molecule has 8 heteroatoms. The molecule has 5 nitrogen and oxygen atoms in total. The van der Waals surface area contributed by atoms with Gasteiger partial charge >= 0.3 is 18.2 Å². The Hall–Kier alpha value is -1.47. The summed E-state index contributed by atoms with van der Waals surface area (Å²) in [5.74, 6) is -1.60. The molecule has 0 saturated heterocycles. The highest BCUT2D eigenvalue weighted by Crippen LogP contribution is 2.27. The van der Waals surface area contributed by atoms with E-state index < -0.39 is 30.6 Å². The first kappa shape index (κ1) is 16.5. The van der Waals surface area contributed by atoms with Crippen LogP contribution in [0.5, 0.6) is 0 Å². The summed E-state index contributed by atoms with van der Waals surface area (Å²) in [5.41, 5.74) is 0. The lowest BCUT2D eigenvalue weighted by atomic mass is 10.2. The molecule has 0 aliphatic carbocycles. The van der Waals surface area contributed by atoms with Crippen LogP contribution in [-0.4, -0.2) is 59.3 Å². The molecule has 0 aliphatic rings. The quantitative estimate of drug-likeness (QED) is 0.828. The second kappa shape index (κ2) is 6.46. The summed E-state index contributed by atoms with van der Waals surface area (Å²) >= 11 is 0. The second-order valence-electron chi connectivity index (χ2n) is 3.72. The first-order chi connectivity index (χ1) is 8.15. The Morgan fingerprint density at radius 1 is 1.22 bits per heavy atom. The number of halogens is 3. The molecule has 0 heterocycles. The average molecular weight is 270 g/mol. The fourth-order valence-electron chi connectivity index (χ4n) is 1.49. The van der Waals surface area contributed by atoms with Gasteiger partial charge in [-0.2, -0.15) is 13.2 Å². The number of hydrogen-bond acceptors (Lipinski definition) is 2. The zero-order valence-corrected chi connectivity index (χ0v) is 10.5. The molecule has 1 atom stereocenters. The van der Waals surface area contributed by atoms with E-state index in [9.17, 15) is 22.8 Å². The van der Waals surface area contributed by atoms with Crippen molar-refractivity contribution in [1.29, 1.82) is 0 Å². The van der Waals surface area contributed by atoms with Crippen LogP contribution in [0.25, 0.3) is 0 Å². The number of carboxylic acids is 1. The Morgan fingerprint density at radius 3 is 1.94 bits per heavy atom. The van der Waals surface area contributed by atoms with Crippen LogP contribution in [0, 0.1) is 0 Å². The predicted octanol–water partition coefficient (Wildman–Crippen LogP) is 1.79. The normalized spacial score (nSPS) is 13.0. The number of urea groups is 1. The summed E-state index contributed by atoms with van der Waals surface area (Å²) in [6.45, 7) is 3.79. The van der Waals surface area contributed by atoms with Crippen molar-refractivity contribution >= 4 is 12.0 Å². The molecule has 18 heavy (non-hydrogen) atoms. The van der Waals surface area contributed by atoms with Gasteiger partial charge in [-0.1, -0.05) is 0 Å². The molecule has 0 spiro atoms. The van der Waals surface area contributed by atoms with Crippen molar-refractivity contribution in [3.05, 3.63) is 0 Å². The maximum atomic E-state index is 12.7. The van der Waals surface area contributed by atoms with Crippen molar-refractivity contribution in [2.24, 2.45) is 0 Å². The topological polar surface area (TPSA) is 60.9 Å². The molecule has 106 valence electrons. The van der Waals surface area contributed by atoms with Crippen molar-refractivity contribution in [3.8, 4) is 0 Å². The maximum absolute atomic E-state index is 12.7. The number of carboxylic acid groups (broad SMARTS) is 1. The van der Waals surface area contributed by atoms with Gasteiger partial charge in [0.2, 0.25) is 0 Å². The smallest absolute Gasteiger partial charge is 0.409 e. The number of carbonyl (C=O) groups is 2. The van der Waals surface area contributed by atoms with Gasteiger partial charge in [0.15, 0.2) is 0 Å². The monoisotopic (exact) mass is 270 g/mol. The molecular formula is C10H17F3N2O3. The Kier molecular flexibility index (Phi) is 5.93. The lowest BCUT2D eigenvalue weighted by molar-refractivity contribution is -0.182. The van der Waals surface area contributed by atoms with E-state index in [-0.39, 0.29) is 13.1 Å². The summed E-state index contributed by atoms with van der Waals surface area (Å²) in [4.78, 5) is 23.8. The maximum Gasteiger partial charge on any atom is 0.409 e. The number of aliphatic carboxylic acids is 1. The first-order valence-corrected chi connectivity index (χ1v) is 5.45. The van der Waals surface area contributed by atoms with Gasteiger partial charge in [-0.15, -0.1) is 0 Å². The number of amides is 2. The fraction of sp³-hybridized carbons (Fsp3) is 0.800. The van der Waals surface area contributed by atoms with Crippen LogP contribution >= 0.6 is 0 Å². The minimum atomic E-state index is -4.77. The van der Waals surface area contributed by atoms with E-state index in [2.05, 4.69) is 0 Å². The Balaban J connectivity index is 5.01. The second-order valence-corrected chi connectivity index (χ2v) is 3.72. The molecule has 0 bridgehead atoms. The van der Waals surface area contributed by atoms with Gasteiger partial charge in [-0.05, 0) is 13.8 Å². The molecule has 0 saturated carbocycles. The van der Waals surface area contributed by atoms with Crippen molar-refractivity contribution < 1.29 is 27.9 Å². The fourth-order valence-corrected chi connectivity index (χ4v) is 1.49. The number of hydrogen-bond donors (Lipinski definition) is 1. The number of alkyl halides is 3. The van der Waals surface area contributed by atoms with E-state index in [1.807, 2.05) is 0 Å². The van der Waals surface area contributed by atoms with E-state index >= 15 is 0 Å². The van der Waals surface area contributed by atoms with Crippen LogP contribution in [0.15, 0.2) is 0 Å². The van der Waals surface area contributed by atoms with Crippen molar-refractivity contribution in [3.63, 3.8) is 0 Å². The van der Waals surface area contributed by atoms with Crippen molar-refractivity contribution in [2.45, 2.75) is 32.5 Å². The van der Waals surface area contributed by atoms with Crippen LogP contribution in [0.2, 0.25) is 0 Å². The number of carbonyl (C=O) groups excluding carboxylic acids is 1. The molecule has 0 radical (unpaired) electrons. The Labute approximate surface area is 103 Å². The molecule has 0 aromatic heterocycles. The molecule has 1 unspecified atom stereocenters. The highest BCUT2D eigenvalue weighted by atomic mass is 19.4.